The molecule has 8 nitrogen and oxygen atoms in total. The number of amides is 3. The van der Waals surface area contributed by atoms with E-state index < -0.39 is 17.6 Å². The van der Waals surface area contributed by atoms with Gasteiger partial charge in [-0.05, 0) is 38.8 Å². The van der Waals surface area contributed by atoms with Gasteiger partial charge in [-0.3, -0.25) is 14.9 Å². The highest BCUT2D eigenvalue weighted by molar-refractivity contribution is 6.33. The first kappa shape index (κ1) is 21.2. The maximum absolute atomic E-state index is 12.2. The summed E-state index contributed by atoms with van der Waals surface area (Å²) in [5.74, 6) is -0.621. The lowest BCUT2D eigenvalue weighted by Crippen LogP contribution is -2.60. The fourth-order valence-electron chi connectivity index (χ4n) is 3.50. The Morgan fingerprint density at radius 3 is 2.55 bits per heavy atom. The molecule has 1 aromatic carbocycles. The summed E-state index contributed by atoms with van der Waals surface area (Å²) in [6.07, 6.45) is 0.250. The summed E-state index contributed by atoms with van der Waals surface area (Å²) in [5.41, 5.74) is 0.882. The quantitative estimate of drug-likeness (QED) is 0.722. The zero-order chi connectivity index (χ0) is 21.3. The minimum absolute atomic E-state index is 0.0388. The van der Waals surface area contributed by atoms with E-state index in [1.807, 2.05) is 31.7 Å². The number of rotatable bonds is 4. The number of hydrogen-bond donors (Lipinski definition) is 2. The summed E-state index contributed by atoms with van der Waals surface area (Å²) >= 11 is 6.56. The van der Waals surface area contributed by atoms with Gasteiger partial charge in [0.05, 0.1) is 29.8 Å². The number of hydrogen-bond acceptors (Lipinski definition) is 6. The van der Waals surface area contributed by atoms with Gasteiger partial charge in [-0.15, -0.1) is 0 Å². The van der Waals surface area contributed by atoms with Crippen LogP contribution < -0.4 is 20.3 Å². The molecule has 3 rings (SSSR count). The molecule has 2 saturated heterocycles. The average Bonchev–Trinajstić information content (AvgIpc) is 2.57. The number of nitrogens with one attached hydrogen (secondary N) is 2. The SMILES string of the molecule is COc1c(N2CC(NC(=O)OC(C)(C)C)C2)ccc(C2CCC(=O)NC2=O)c1Cl. The Bertz CT molecular complexity index is 830. The summed E-state index contributed by atoms with van der Waals surface area (Å²) in [7, 11) is 1.52. The van der Waals surface area contributed by atoms with E-state index in [0.29, 0.717) is 35.8 Å². The second-order valence-corrected chi connectivity index (χ2v) is 8.65. The molecule has 2 aliphatic heterocycles. The van der Waals surface area contributed by atoms with E-state index in [4.69, 9.17) is 21.1 Å². The zero-order valence-electron chi connectivity index (χ0n) is 17.0. The Morgan fingerprint density at radius 1 is 1.28 bits per heavy atom. The normalized spacial score (nSPS) is 20.0. The van der Waals surface area contributed by atoms with Crippen LogP contribution >= 0.6 is 11.6 Å². The van der Waals surface area contributed by atoms with Crippen LogP contribution in [0.3, 0.4) is 0 Å². The van der Waals surface area contributed by atoms with Crippen molar-refractivity contribution in [2.45, 2.75) is 51.2 Å². The van der Waals surface area contributed by atoms with Crippen LogP contribution in [0, 0.1) is 0 Å². The number of ether oxygens (including phenoxy) is 2. The number of carbonyl (C=O) groups is 3. The van der Waals surface area contributed by atoms with Gasteiger partial charge < -0.3 is 19.7 Å². The summed E-state index contributed by atoms with van der Waals surface area (Å²) in [5, 5.41) is 5.55. The molecule has 1 atom stereocenters. The third-order valence-electron chi connectivity index (χ3n) is 4.87. The van der Waals surface area contributed by atoms with Crippen LogP contribution in [0.2, 0.25) is 5.02 Å². The van der Waals surface area contributed by atoms with Crippen molar-refractivity contribution in [3.05, 3.63) is 22.7 Å². The summed E-state index contributed by atoms with van der Waals surface area (Å²) in [6, 6.07) is 3.62. The highest BCUT2D eigenvalue weighted by Crippen LogP contribution is 2.43. The molecule has 1 aromatic rings. The van der Waals surface area contributed by atoms with E-state index in [-0.39, 0.29) is 24.3 Å². The van der Waals surface area contributed by atoms with Gasteiger partial charge >= 0.3 is 6.09 Å². The van der Waals surface area contributed by atoms with Gasteiger partial charge in [-0.25, -0.2) is 4.79 Å². The minimum Gasteiger partial charge on any atom is -0.493 e. The van der Waals surface area contributed by atoms with E-state index in [9.17, 15) is 14.4 Å². The minimum atomic E-state index is -0.546. The van der Waals surface area contributed by atoms with Crippen molar-refractivity contribution in [1.82, 2.24) is 10.6 Å². The Hall–Kier alpha value is -2.48. The number of alkyl carbamates (subject to hydrolysis) is 1. The lowest BCUT2D eigenvalue weighted by Gasteiger charge is -2.42. The molecular weight excluding hydrogens is 398 g/mol. The lowest BCUT2D eigenvalue weighted by molar-refractivity contribution is -0.134. The standard InChI is InChI=1S/C20H26ClN3O5/c1-20(2,3)29-19(27)22-11-9-24(10-11)14-7-5-12(16(21)17(14)28-4)13-6-8-15(25)23-18(13)26/h5,7,11,13H,6,8-10H2,1-4H3,(H,22,27)(H,23,25,26). The molecule has 0 bridgehead atoms. The molecule has 0 spiro atoms. The molecule has 1 unspecified atom stereocenters. The number of piperidine rings is 1. The van der Waals surface area contributed by atoms with Gasteiger partial charge in [-0.1, -0.05) is 17.7 Å². The molecule has 29 heavy (non-hydrogen) atoms. The topological polar surface area (TPSA) is 97.0 Å². The summed E-state index contributed by atoms with van der Waals surface area (Å²) in [6.45, 7) is 6.62. The maximum Gasteiger partial charge on any atom is 0.407 e. The van der Waals surface area contributed by atoms with Gasteiger partial charge in [-0.2, -0.15) is 0 Å². The van der Waals surface area contributed by atoms with E-state index in [2.05, 4.69) is 10.6 Å². The van der Waals surface area contributed by atoms with Crippen LogP contribution in [0.1, 0.15) is 45.1 Å². The largest absolute Gasteiger partial charge is 0.493 e. The number of imide groups is 1. The van der Waals surface area contributed by atoms with Gasteiger partial charge in [0.25, 0.3) is 0 Å². The second kappa shape index (κ2) is 8.10. The number of benzene rings is 1. The first-order valence-electron chi connectivity index (χ1n) is 9.53. The molecule has 0 aromatic heterocycles. The van der Waals surface area contributed by atoms with Gasteiger partial charge in [0, 0.05) is 19.5 Å². The van der Waals surface area contributed by atoms with E-state index >= 15 is 0 Å². The highest BCUT2D eigenvalue weighted by atomic mass is 35.5. The molecule has 3 amide bonds. The van der Waals surface area contributed by atoms with Crippen LogP contribution in [-0.4, -0.2) is 49.7 Å². The Morgan fingerprint density at radius 2 is 1.97 bits per heavy atom. The molecule has 2 aliphatic rings. The number of methoxy groups -OCH3 is 1. The Labute approximate surface area is 174 Å². The van der Waals surface area contributed by atoms with E-state index in [1.165, 1.54) is 7.11 Å². The van der Waals surface area contributed by atoms with Crippen LogP contribution in [0.15, 0.2) is 12.1 Å². The highest BCUT2D eigenvalue weighted by Gasteiger charge is 2.35. The van der Waals surface area contributed by atoms with E-state index in [1.54, 1.807) is 6.07 Å². The van der Waals surface area contributed by atoms with Crippen molar-refractivity contribution in [3.8, 4) is 5.75 Å². The molecule has 2 heterocycles. The number of nitrogens with zero attached hydrogens (tertiary/aromatic N) is 1. The number of carbonyl (C=O) groups excluding carboxylic acids is 3. The molecule has 0 aliphatic carbocycles. The smallest absolute Gasteiger partial charge is 0.407 e. The first-order chi connectivity index (χ1) is 13.6. The monoisotopic (exact) mass is 423 g/mol. The van der Waals surface area contributed by atoms with Crippen LogP contribution in [0.4, 0.5) is 10.5 Å². The first-order valence-corrected chi connectivity index (χ1v) is 9.91. The molecule has 2 N–H and O–H groups in total. The van der Waals surface area contributed by atoms with Crippen molar-refractivity contribution in [2.75, 3.05) is 25.1 Å². The maximum atomic E-state index is 12.2. The average molecular weight is 424 g/mol. The van der Waals surface area contributed by atoms with Gasteiger partial charge in [0.1, 0.15) is 5.60 Å². The van der Waals surface area contributed by atoms with Crippen molar-refractivity contribution in [1.29, 1.82) is 0 Å². The molecule has 0 saturated carbocycles. The molecule has 9 heteroatoms. The molecule has 0 radical (unpaired) electrons. The third kappa shape index (κ3) is 4.75. The van der Waals surface area contributed by atoms with Crippen molar-refractivity contribution in [2.24, 2.45) is 0 Å². The van der Waals surface area contributed by atoms with E-state index in [0.717, 1.165) is 5.69 Å². The molecular formula is C20H26ClN3O5. The second-order valence-electron chi connectivity index (χ2n) is 8.27. The predicted octanol–water partition coefficient (Wildman–Crippen LogP) is 2.58. The van der Waals surface area contributed by atoms with Crippen LogP contribution in [0.25, 0.3) is 0 Å². The number of halogens is 1. The van der Waals surface area contributed by atoms with Gasteiger partial charge in [0.15, 0.2) is 5.75 Å². The van der Waals surface area contributed by atoms with Crippen molar-refractivity contribution >= 4 is 35.2 Å². The zero-order valence-corrected chi connectivity index (χ0v) is 17.8. The fraction of sp³-hybridized carbons (Fsp3) is 0.550. The van der Waals surface area contributed by atoms with Crippen LogP contribution in [-0.2, 0) is 14.3 Å². The number of anilines is 1. The summed E-state index contributed by atoms with van der Waals surface area (Å²) in [4.78, 5) is 37.5. The molecule has 158 valence electrons. The third-order valence-corrected chi connectivity index (χ3v) is 5.26. The van der Waals surface area contributed by atoms with Crippen molar-refractivity contribution < 1.29 is 23.9 Å². The van der Waals surface area contributed by atoms with Crippen LogP contribution in [0.5, 0.6) is 5.75 Å². The fourth-order valence-corrected chi connectivity index (χ4v) is 3.87. The van der Waals surface area contributed by atoms with Gasteiger partial charge in [0.2, 0.25) is 11.8 Å². The molecule has 2 fully saturated rings. The lowest BCUT2D eigenvalue weighted by atomic mass is 9.90. The predicted molar refractivity (Wildman–Crippen MR) is 108 cm³/mol. The Balaban J connectivity index is 1.69. The Kier molecular flexibility index (Phi) is 5.93. The summed E-state index contributed by atoms with van der Waals surface area (Å²) < 4.78 is 10.8. The van der Waals surface area contributed by atoms with Crippen molar-refractivity contribution in [3.63, 3.8) is 0 Å².